The lowest BCUT2D eigenvalue weighted by Gasteiger charge is -2.41. The lowest BCUT2D eigenvalue weighted by molar-refractivity contribution is 0.0258. The zero-order valence-electron chi connectivity index (χ0n) is 9.91. The average molecular weight is 213 g/mol. The number of methoxy groups -OCH3 is 1. The lowest BCUT2D eigenvalue weighted by atomic mass is 10.1. The van der Waals surface area contributed by atoms with Gasteiger partial charge in [0.2, 0.25) is 0 Å². The first kappa shape index (κ1) is 11.3. The van der Waals surface area contributed by atoms with E-state index in [1.165, 1.54) is 32.6 Å². The largest absolute Gasteiger partial charge is 0.383 e. The third kappa shape index (κ3) is 2.69. The van der Waals surface area contributed by atoms with Gasteiger partial charge in [0.15, 0.2) is 0 Å². The molecule has 2 fully saturated rings. The van der Waals surface area contributed by atoms with Gasteiger partial charge in [-0.3, -0.25) is 9.80 Å². The molecule has 0 amide bonds. The molecular weight excluding hydrogens is 190 g/mol. The van der Waals surface area contributed by atoms with Crippen molar-refractivity contribution < 1.29 is 4.74 Å². The highest BCUT2D eigenvalue weighted by Crippen LogP contribution is 2.15. The van der Waals surface area contributed by atoms with E-state index < -0.39 is 0 Å². The van der Waals surface area contributed by atoms with Crippen LogP contribution in [0.5, 0.6) is 0 Å². The first-order valence-corrected chi connectivity index (χ1v) is 5.95. The van der Waals surface area contributed by atoms with E-state index in [2.05, 4.69) is 22.2 Å². The van der Waals surface area contributed by atoms with E-state index in [1.807, 2.05) is 0 Å². The molecule has 2 saturated heterocycles. The molecule has 0 saturated carbocycles. The van der Waals surface area contributed by atoms with Crippen LogP contribution in [0.4, 0.5) is 0 Å². The van der Waals surface area contributed by atoms with Crippen LogP contribution in [-0.2, 0) is 4.74 Å². The van der Waals surface area contributed by atoms with Gasteiger partial charge in [0.25, 0.3) is 0 Å². The van der Waals surface area contributed by atoms with E-state index in [0.29, 0.717) is 6.04 Å². The van der Waals surface area contributed by atoms with Crippen LogP contribution >= 0.6 is 0 Å². The molecule has 0 aromatic carbocycles. The monoisotopic (exact) mass is 213 g/mol. The highest BCUT2D eigenvalue weighted by molar-refractivity contribution is 4.87. The van der Waals surface area contributed by atoms with Crippen LogP contribution < -0.4 is 5.32 Å². The van der Waals surface area contributed by atoms with Gasteiger partial charge >= 0.3 is 0 Å². The summed E-state index contributed by atoms with van der Waals surface area (Å²) < 4.78 is 5.28. The molecule has 88 valence electrons. The maximum Gasteiger partial charge on any atom is 0.0630 e. The molecule has 0 bridgehead atoms. The summed E-state index contributed by atoms with van der Waals surface area (Å²) in [5, 5.41) is 3.44. The summed E-state index contributed by atoms with van der Waals surface area (Å²) in [6.45, 7) is 6.76. The van der Waals surface area contributed by atoms with Crippen LogP contribution in [-0.4, -0.2) is 75.4 Å². The van der Waals surface area contributed by atoms with Crippen LogP contribution in [0.2, 0.25) is 0 Å². The Kier molecular flexibility index (Phi) is 3.97. The number of nitrogens with zero attached hydrogens (tertiary/aromatic N) is 2. The Morgan fingerprint density at radius 1 is 1.40 bits per heavy atom. The van der Waals surface area contributed by atoms with Gasteiger partial charge in [-0.05, 0) is 20.0 Å². The topological polar surface area (TPSA) is 27.7 Å². The summed E-state index contributed by atoms with van der Waals surface area (Å²) in [5.74, 6) is 0. The second-order valence-electron chi connectivity index (χ2n) is 4.73. The zero-order valence-corrected chi connectivity index (χ0v) is 9.91. The summed E-state index contributed by atoms with van der Waals surface area (Å²) >= 11 is 0. The third-order valence-electron chi connectivity index (χ3n) is 3.72. The maximum atomic E-state index is 5.28. The molecule has 0 aromatic heterocycles. The Balaban J connectivity index is 1.86. The number of nitrogens with one attached hydrogen (secondary N) is 1. The molecule has 2 rings (SSSR count). The van der Waals surface area contributed by atoms with E-state index in [4.69, 9.17) is 4.74 Å². The fourth-order valence-electron chi connectivity index (χ4n) is 2.63. The van der Waals surface area contributed by atoms with Gasteiger partial charge in [-0.25, -0.2) is 0 Å². The molecule has 15 heavy (non-hydrogen) atoms. The fourth-order valence-corrected chi connectivity index (χ4v) is 2.63. The quantitative estimate of drug-likeness (QED) is 0.691. The summed E-state index contributed by atoms with van der Waals surface area (Å²) in [6, 6.07) is 1.34. The van der Waals surface area contributed by atoms with Gasteiger partial charge in [0.1, 0.15) is 0 Å². The Morgan fingerprint density at radius 2 is 2.27 bits per heavy atom. The Bertz CT molecular complexity index is 194. The zero-order chi connectivity index (χ0) is 10.7. The van der Waals surface area contributed by atoms with E-state index in [9.17, 15) is 0 Å². The second-order valence-corrected chi connectivity index (χ2v) is 4.73. The van der Waals surface area contributed by atoms with Crippen molar-refractivity contribution >= 4 is 0 Å². The van der Waals surface area contributed by atoms with Gasteiger partial charge in [-0.2, -0.15) is 0 Å². The molecule has 0 unspecified atom stereocenters. The molecule has 2 aliphatic heterocycles. The molecule has 0 aliphatic carbocycles. The minimum Gasteiger partial charge on any atom is -0.383 e. The van der Waals surface area contributed by atoms with Gasteiger partial charge in [-0.1, -0.05) is 0 Å². The lowest BCUT2D eigenvalue weighted by Crippen LogP contribution is -2.56. The molecule has 0 aromatic rings. The van der Waals surface area contributed by atoms with Crippen LogP contribution in [0.25, 0.3) is 0 Å². The molecule has 2 heterocycles. The van der Waals surface area contributed by atoms with Crippen LogP contribution in [0, 0.1) is 0 Å². The minimum atomic E-state index is 0.573. The Labute approximate surface area is 92.6 Å². The molecule has 2 atom stereocenters. The van der Waals surface area contributed by atoms with Crippen molar-refractivity contribution in [2.45, 2.75) is 18.5 Å². The van der Waals surface area contributed by atoms with E-state index in [-0.39, 0.29) is 0 Å². The van der Waals surface area contributed by atoms with Gasteiger partial charge in [0, 0.05) is 45.4 Å². The fraction of sp³-hybridized carbons (Fsp3) is 1.00. The normalized spacial score (nSPS) is 34.8. The number of hydrogen-bond acceptors (Lipinski definition) is 4. The standard InChI is InChI=1S/C11H23N3O/c1-13-5-6-14(8-11(13)9-15-2)10-3-4-12-7-10/h10-12H,3-9H2,1-2H3/t10-,11+/m1/s1. The summed E-state index contributed by atoms with van der Waals surface area (Å²) in [5.41, 5.74) is 0. The van der Waals surface area contributed by atoms with E-state index in [1.54, 1.807) is 7.11 Å². The predicted octanol–water partition coefficient (Wildman–Crippen LogP) is -0.389. The summed E-state index contributed by atoms with van der Waals surface area (Å²) in [6.07, 6.45) is 1.31. The van der Waals surface area contributed by atoms with Crippen molar-refractivity contribution in [1.82, 2.24) is 15.1 Å². The second kappa shape index (κ2) is 5.25. The van der Waals surface area contributed by atoms with Crippen LogP contribution in [0.3, 0.4) is 0 Å². The molecule has 4 nitrogen and oxygen atoms in total. The van der Waals surface area contributed by atoms with Crippen molar-refractivity contribution in [2.24, 2.45) is 0 Å². The molecule has 4 heteroatoms. The van der Waals surface area contributed by atoms with Gasteiger partial charge in [-0.15, -0.1) is 0 Å². The molecular formula is C11H23N3O. The Hall–Kier alpha value is -0.160. The average Bonchev–Trinajstić information content (AvgIpc) is 2.75. The van der Waals surface area contributed by atoms with Crippen molar-refractivity contribution in [2.75, 3.05) is 53.5 Å². The molecule has 2 aliphatic rings. The maximum absolute atomic E-state index is 5.28. The summed E-state index contributed by atoms with van der Waals surface area (Å²) in [7, 11) is 4.00. The van der Waals surface area contributed by atoms with Crippen molar-refractivity contribution in [3.05, 3.63) is 0 Å². The number of piperazine rings is 1. The Morgan fingerprint density at radius 3 is 2.93 bits per heavy atom. The molecule has 0 radical (unpaired) electrons. The van der Waals surface area contributed by atoms with Crippen molar-refractivity contribution in [1.29, 1.82) is 0 Å². The molecule has 1 N–H and O–H groups in total. The van der Waals surface area contributed by atoms with E-state index in [0.717, 1.165) is 19.2 Å². The highest BCUT2D eigenvalue weighted by atomic mass is 16.5. The van der Waals surface area contributed by atoms with Gasteiger partial charge < -0.3 is 10.1 Å². The summed E-state index contributed by atoms with van der Waals surface area (Å²) in [4.78, 5) is 5.05. The van der Waals surface area contributed by atoms with E-state index >= 15 is 0 Å². The number of hydrogen-bond donors (Lipinski definition) is 1. The smallest absolute Gasteiger partial charge is 0.0630 e. The predicted molar refractivity (Wildman–Crippen MR) is 61.1 cm³/mol. The number of rotatable bonds is 3. The number of likely N-dealkylation sites (N-methyl/N-ethyl adjacent to an activating group) is 1. The highest BCUT2D eigenvalue weighted by Gasteiger charge is 2.29. The SMILES string of the molecule is COC[C@@H]1CN([C@@H]2CCNC2)CCN1C. The first-order valence-electron chi connectivity index (χ1n) is 5.95. The van der Waals surface area contributed by atoms with Crippen molar-refractivity contribution in [3.63, 3.8) is 0 Å². The minimum absolute atomic E-state index is 0.573. The van der Waals surface area contributed by atoms with Gasteiger partial charge in [0.05, 0.1) is 6.61 Å². The third-order valence-corrected chi connectivity index (χ3v) is 3.72. The van der Waals surface area contributed by atoms with Crippen LogP contribution in [0.1, 0.15) is 6.42 Å². The molecule has 0 spiro atoms. The number of ether oxygens (including phenoxy) is 1. The van der Waals surface area contributed by atoms with Crippen molar-refractivity contribution in [3.8, 4) is 0 Å². The van der Waals surface area contributed by atoms with Crippen LogP contribution in [0.15, 0.2) is 0 Å². The first-order chi connectivity index (χ1) is 7.31.